The van der Waals surface area contributed by atoms with Crippen molar-refractivity contribution in [3.63, 3.8) is 0 Å². The first-order valence-electron chi connectivity index (χ1n) is 8.42. The van der Waals surface area contributed by atoms with E-state index in [1.165, 1.54) is 0 Å². The Labute approximate surface area is 151 Å². The molecule has 0 spiro atoms. The molecule has 1 heterocycles. The molecule has 0 amide bonds. The number of aromatic nitrogens is 2. The topological polar surface area (TPSA) is 44.1 Å². The van der Waals surface area contributed by atoms with Gasteiger partial charge in [-0.1, -0.05) is 42.1 Å². The number of thioether (sulfide) groups is 1. The van der Waals surface area contributed by atoms with Crippen molar-refractivity contribution in [2.45, 2.75) is 25.9 Å². The van der Waals surface area contributed by atoms with Crippen molar-refractivity contribution < 1.29 is 4.74 Å². The second-order valence-electron chi connectivity index (χ2n) is 5.84. The predicted molar refractivity (Wildman–Crippen MR) is 104 cm³/mol. The average molecular weight is 354 g/mol. The maximum absolute atomic E-state index is 13.2. The van der Waals surface area contributed by atoms with Crippen LogP contribution < -0.4 is 5.56 Å². The fourth-order valence-corrected chi connectivity index (χ4v) is 3.75. The summed E-state index contributed by atoms with van der Waals surface area (Å²) >= 11 is 1.56. The summed E-state index contributed by atoms with van der Waals surface area (Å²) in [6.07, 6.45) is 0. The van der Waals surface area contributed by atoms with Crippen LogP contribution in [0.4, 0.5) is 0 Å². The van der Waals surface area contributed by atoms with Gasteiger partial charge in [0, 0.05) is 12.4 Å². The molecular weight excluding hydrogens is 332 g/mol. The molecule has 0 fully saturated rings. The zero-order valence-electron chi connectivity index (χ0n) is 14.8. The van der Waals surface area contributed by atoms with Gasteiger partial charge in [0.2, 0.25) is 0 Å². The van der Waals surface area contributed by atoms with E-state index in [-0.39, 0.29) is 5.56 Å². The number of hydrogen-bond acceptors (Lipinski definition) is 4. The van der Waals surface area contributed by atoms with E-state index in [1.807, 2.05) is 63.2 Å². The maximum atomic E-state index is 13.2. The van der Waals surface area contributed by atoms with Crippen LogP contribution in [-0.2, 0) is 4.74 Å². The molecule has 0 saturated carbocycles. The lowest BCUT2D eigenvalue weighted by Gasteiger charge is -2.17. The van der Waals surface area contributed by atoms with E-state index in [2.05, 4.69) is 0 Å². The summed E-state index contributed by atoms with van der Waals surface area (Å²) in [4.78, 5) is 18.0. The molecule has 0 saturated heterocycles. The molecule has 0 radical (unpaired) electrons. The van der Waals surface area contributed by atoms with Gasteiger partial charge in [0.15, 0.2) is 5.16 Å². The summed E-state index contributed by atoms with van der Waals surface area (Å²) in [5.41, 5.74) is 3.75. The second kappa shape index (κ2) is 7.85. The summed E-state index contributed by atoms with van der Waals surface area (Å²) in [6.45, 7) is 7.36. The Morgan fingerprint density at radius 1 is 1.08 bits per heavy atom. The quantitative estimate of drug-likeness (QED) is 0.379. The lowest BCUT2D eigenvalue weighted by molar-refractivity contribution is 0.164. The third-order valence-electron chi connectivity index (χ3n) is 4.07. The summed E-state index contributed by atoms with van der Waals surface area (Å²) in [6, 6.07) is 13.6. The van der Waals surface area contributed by atoms with Crippen LogP contribution in [0.2, 0.25) is 0 Å². The highest BCUT2D eigenvalue weighted by atomic mass is 32.2. The SMILES string of the molecule is CCOCCSc1nc2ccccc2c(=O)n1-c1c(C)cccc1C. The van der Waals surface area contributed by atoms with Crippen molar-refractivity contribution in [1.82, 2.24) is 9.55 Å². The van der Waals surface area contributed by atoms with Gasteiger partial charge in [0.25, 0.3) is 5.56 Å². The number of benzene rings is 2. The maximum Gasteiger partial charge on any atom is 0.266 e. The first-order valence-corrected chi connectivity index (χ1v) is 9.41. The van der Waals surface area contributed by atoms with Crippen molar-refractivity contribution in [2.75, 3.05) is 19.0 Å². The molecule has 0 unspecified atom stereocenters. The molecule has 0 atom stereocenters. The molecule has 1 aromatic heterocycles. The molecule has 0 bridgehead atoms. The molecule has 3 aromatic rings. The van der Waals surface area contributed by atoms with E-state index < -0.39 is 0 Å². The largest absolute Gasteiger partial charge is 0.381 e. The Hall–Kier alpha value is -2.11. The van der Waals surface area contributed by atoms with Crippen molar-refractivity contribution in [1.29, 1.82) is 0 Å². The minimum atomic E-state index is -0.0260. The summed E-state index contributed by atoms with van der Waals surface area (Å²) in [5.74, 6) is 0.754. The van der Waals surface area contributed by atoms with Crippen molar-refractivity contribution in [3.8, 4) is 5.69 Å². The van der Waals surface area contributed by atoms with Crippen LogP contribution in [-0.4, -0.2) is 28.5 Å². The van der Waals surface area contributed by atoms with E-state index in [0.29, 0.717) is 23.8 Å². The zero-order valence-corrected chi connectivity index (χ0v) is 15.6. The van der Waals surface area contributed by atoms with Crippen molar-refractivity contribution in [3.05, 3.63) is 63.9 Å². The molecule has 130 valence electrons. The highest BCUT2D eigenvalue weighted by Crippen LogP contribution is 2.25. The smallest absolute Gasteiger partial charge is 0.266 e. The Balaban J connectivity index is 2.20. The molecule has 4 nitrogen and oxygen atoms in total. The molecule has 0 aliphatic heterocycles. The molecule has 2 aromatic carbocycles. The van der Waals surface area contributed by atoms with E-state index in [0.717, 1.165) is 28.1 Å². The molecule has 25 heavy (non-hydrogen) atoms. The van der Waals surface area contributed by atoms with Gasteiger partial charge < -0.3 is 4.74 Å². The van der Waals surface area contributed by atoms with Crippen molar-refractivity contribution >= 4 is 22.7 Å². The highest BCUT2D eigenvalue weighted by Gasteiger charge is 2.16. The number of aryl methyl sites for hydroxylation is 2. The van der Waals surface area contributed by atoms with E-state index in [4.69, 9.17) is 9.72 Å². The van der Waals surface area contributed by atoms with E-state index in [9.17, 15) is 4.79 Å². The summed E-state index contributed by atoms with van der Waals surface area (Å²) < 4.78 is 7.18. The minimum Gasteiger partial charge on any atom is -0.381 e. The Bertz CT molecular complexity index is 930. The van der Waals surface area contributed by atoms with Crippen molar-refractivity contribution in [2.24, 2.45) is 0 Å². The van der Waals surface area contributed by atoms with Gasteiger partial charge in [0.05, 0.1) is 23.2 Å². The fourth-order valence-electron chi connectivity index (χ4n) is 2.90. The van der Waals surface area contributed by atoms with Gasteiger partial charge in [-0.15, -0.1) is 0 Å². The summed E-state index contributed by atoms with van der Waals surface area (Å²) in [5, 5.41) is 1.35. The second-order valence-corrected chi connectivity index (χ2v) is 6.90. The number of nitrogens with zero attached hydrogens (tertiary/aromatic N) is 2. The van der Waals surface area contributed by atoms with Gasteiger partial charge in [0.1, 0.15) is 0 Å². The first-order chi connectivity index (χ1) is 12.1. The van der Waals surface area contributed by atoms with E-state index >= 15 is 0 Å². The third kappa shape index (κ3) is 3.62. The normalized spacial score (nSPS) is 11.2. The fraction of sp³-hybridized carbons (Fsp3) is 0.300. The molecular formula is C20H22N2O2S. The summed E-state index contributed by atoms with van der Waals surface area (Å²) in [7, 11) is 0. The Kier molecular flexibility index (Phi) is 5.56. The Morgan fingerprint density at radius 3 is 2.52 bits per heavy atom. The Morgan fingerprint density at radius 2 is 1.80 bits per heavy atom. The third-order valence-corrected chi connectivity index (χ3v) is 4.97. The number of rotatable bonds is 6. The van der Waals surface area contributed by atoms with Gasteiger partial charge in [-0.3, -0.25) is 9.36 Å². The zero-order chi connectivity index (χ0) is 17.8. The molecule has 0 aliphatic rings. The van der Waals surface area contributed by atoms with Crippen LogP contribution >= 0.6 is 11.8 Å². The lowest BCUT2D eigenvalue weighted by Crippen LogP contribution is -2.23. The first kappa shape index (κ1) is 17.7. The average Bonchev–Trinajstić information content (AvgIpc) is 2.61. The molecule has 0 N–H and O–H groups in total. The number of ether oxygens (including phenoxy) is 1. The molecule has 0 aliphatic carbocycles. The predicted octanol–water partition coefficient (Wildman–Crippen LogP) is 4.13. The number of para-hydroxylation sites is 2. The highest BCUT2D eigenvalue weighted by molar-refractivity contribution is 7.99. The number of fused-ring (bicyclic) bond motifs is 1. The van der Waals surface area contributed by atoms with Crippen LogP contribution in [0.5, 0.6) is 0 Å². The molecule has 3 rings (SSSR count). The van der Waals surface area contributed by atoms with Crippen LogP contribution in [0.15, 0.2) is 52.4 Å². The minimum absolute atomic E-state index is 0.0260. The lowest BCUT2D eigenvalue weighted by atomic mass is 10.1. The van der Waals surface area contributed by atoms with Gasteiger partial charge in [-0.2, -0.15) is 0 Å². The van der Waals surface area contributed by atoms with Crippen LogP contribution in [0.3, 0.4) is 0 Å². The van der Waals surface area contributed by atoms with Gasteiger partial charge >= 0.3 is 0 Å². The monoisotopic (exact) mass is 354 g/mol. The van der Waals surface area contributed by atoms with Gasteiger partial charge in [-0.05, 0) is 44.0 Å². The van der Waals surface area contributed by atoms with Crippen LogP contribution in [0.1, 0.15) is 18.1 Å². The molecule has 5 heteroatoms. The van der Waals surface area contributed by atoms with Gasteiger partial charge in [-0.25, -0.2) is 4.98 Å². The number of hydrogen-bond donors (Lipinski definition) is 0. The van der Waals surface area contributed by atoms with Crippen LogP contribution in [0.25, 0.3) is 16.6 Å². The van der Waals surface area contributed by atoms with E-state index in [1.54, 1.807) is 16.3 Å². The standard InChI is InChI=1S/C20H22N2O2S/c1-4-24-12-13-25-20-21-17-11-6-5-10-16(17)19(23)22(20)18-14(2)8-7-9-15(18)3/h5-11H,4,12-13H2,1-3H3. The van der Waals surface area contributed by atoms with Crippen LogP contribution in [0, 0.1) is 13.8 Å².